The molecule has 0 bridgehead atoms. The van der Waals surface area contributed by atoms with Crippen molar-refractivity contribution >= 4 is 0 Å². The molecule has 3 nitrogen and oxygen atoms in total. The normalized spacial score (nSPS) is 48.0. The molecule has 4 unspecified atom stereocenters. The van der Waals surface area contributed by atoms with Crippen molar-refractivity contribution in [2.75, 3.05) is 13.2 Å². The van der Waals surface area contributed by atoms with Crippen LogP contribution in [0.25, 0.3) is 0 Å². The van der Waals surface area contributed by atoms with Crippen LogP contribution in [0.4, 0.5) is 0 Å². The molecule has 2 heterocycles. The van der Waals surface area contributed by atoms with Gasteiger partial charge in [-0.15, -0.1) is 0 Å². The highest BCUT2D eigenvalue weighted by Crippen LogP contribution is 2.42. The summed E-state index contributed by atoms with van der Waals surface area (Å²) in [6.07, 6.45) is 2.78. The van der Waals surface area contributed by atoms with E-state index in [0.717, 1.165) is 12.8 Å². The number of hydrogen-bond acceptors (Lipinski definition) is 3. The summed E-state index contributed by atoms with van der Waals surface area (Å²) in [6.45, 7) is 9.94. The zero-order chi connectivity index (χ0) is 11.1. The van der Waals surface area contributed by atoms with Crippen LogP contribution in [-0.4, -0.2) is 36.6 Å². The average molecular weight is 214 g/mol. The van der Waals surface area contributed by atoms with Gasteiger partial charge in [0.25, 0.3) is 0 Å². The van der Waals surface area contributed by atoms with Gasteiger partial charge < -0.3 is 14.2 Å². The van der Waals surface area contributed by atoms with Gasteiger partial charge in [-0.25, -0.2) is 0 Å². The maximum atomic E-state index is 5.76. The van der Waals surface area contributed by atoms with Crippen LogP contribution < -0.4 is 0 Å². The van der Waals surface area contributed by atoms with Gasteiger partial charge in [-0.05, 0) is 26.7 Å². The summed E-state index contributed by atoms with van der Waals surface area (Å²) < 4.78 is 16.9. The minimum atomic E-state index is 0.00700. The van der Waals surface area contributed by atoms with Crippen molar-refractivity contribution in [2.45, 2.75) is 63.9 Å². The first kappa shape index (κ1) is 11.4. The highest BCUT2D eigenvalue weighted by molar-refractivity contribution is 5.02. The van der Waals surface area contributed by atoms with Gasteiger partial charge >= 0.3 is 0 Å². The Bertz CT molecular complexity index is 211. The fourth-order valence-corrected chi connectivity index (χ4v) is 2.28. The predicted molar refractivity (Wildman–Crippen MR) is 58.0 cm³/mol. The zero-order valence-electron chi connectivity index (χ0n) is 10.2. The molecule has 0 N–H and O–H groups in total. The Morgan fingerprint density at radius 3 is 1.47 bits per heavy atom. The molecule has 3 heteroatoms. The van der Waals surface area contributed by atoms with Crippen LogP contribution in [0.15, 0.2) is 0 Å². The van der Waals surface area contributed by atoms with Crippen molar-refractivity contribution in [3.8, 4) is 0 Å². The van der Waals surface area contributed by atoms with Gasteiger partial charge in [-0.2, -0.15) is 0 Å². The summed E-state index contributed by atoms with van der Waals surface area (Å²) in [7, 11) is 0. The quantitative estimate of drug-likeness (QED) is 0.635. The molecule has 0 aromatic rings. The van der Waals surface area contributed by atoms with Crippen LogP contribution in [0.1, 0.15) is 40.5 Å². The number of hydrogen-bond donors (Lipinski definition) is 0. The van der Waals surface area contributed by atoms with E-state index in [0.29, 0.717) is 25.4 Å². The highest BCUT2D eigenvalue weighted by atomic mass is 16.7. The van der Waals surface area contributed by atoms with Crippen molar-refractivity contribution in [3.63, 3.8) is 0 Å². The summed E-state index contributed by atoms with van der Waals surface area (Å²) in [5, 5.41) is 0. The molecule has 0 radical (unpaired) electrons. The van der Waals surface area contributed by atoms with Gasteiger partial charge in [-0.3, -0.25) is 0 Å². The SMILES string of the molecule is CCC1(COCC2(CC)OC2C)OC1C. The van der Waals surface area contributed by atoms with E-state index in [1.165, 1.54) is 0 Å². The van der Waals surface area contributed by atoms with Crippen molar-refractivity contribution in [1.29, 1.82) is 0 Å². The molecule has 4 atom stereocenters. The van der Waals surface area contributed by atoms with Gasteiger partial charge in [-0.1, -0.05) is 13.8 Å². The molecule has 2 saturated heterocycles. The Kier molecular flexibility index (Phi) is 2.82. The molecule has 2 aliphatic heterocycles. The molecule has 0 amide bonds. The Labute approximate surface area is 92.1 Å². The standard InChI is InChI=1S/C12H22O3/c1-5-11(9(3)14-11)7-13-8-12(6-2)10(4)15-12/h9-10H,5-8H2,1-4H3. The van der Waals surface area contributed by atoms with E-state index in [9.17, 15) is 0 Å². The summed E-state index contributed by atoms with van der Waals surface area (Å²) in [6, 6.07) is 0. The van der Waals surface area contributed by atoms with Gasteiger partial charge in [0.2, 0.25) is 0 Å². The average Bonchev–Trinajstić information content (AvgIpc) is 3.07. The van der Waals surface area contributed by atoms with Crippen LogP contribution in [0.2, 0.25) is 0 Å². The molecule has 2 rings (SSSR count). The molecule has 2 aliphatic rings. The number of rotatable bonds is 6. The Morgan fingerprint density at radius 1 is 0.933 bits per heavy atom. The molecule has 0 spiro atoms. The summed E-state index contributed by atoms with van der Waals surface area (Å²) in [5.74, 6) is 0. The third-order valence-corrected chi connectivity index (χ3v) is 4.08. The summed E-state index contributed by atoms with van der Waals surface area (Å²) >= 11 is 0. The molecular formula is C12H22O3. The molecule has 2 fully saturated rings. The molecule has 0 aromatic heterocycles. The monoisotopic (exact) mass is 214 g/mol. The van der Waals surface area contributed by atoms with Crippen LogP contribution in [0, 0.1) is 0 Å². The second-order valence-electron chi connectivity index (χ2n) is 4.85. The fraction of sp³-hybridized carbons (Fsp3) is 1.00. The van der Waals surface area contributed by atoms with Gasteiger partial charge in [0.1, 0.15) is 11.2 Å². The smallest absolute Gasteiger partial charge is 0.117 e. The van der Waals surface area contributed by atoms with Crippen molar-refractivity contribution < 1.29 is 14.2 Å². The van der Waals surface area contributed by atoms with E-state index in [-0.39, 0.29) is 11.2 Å². The van der Waals surface area contributed by atoms with Gasteiger partial charge in [0.15, 0.2) is 0 Å². The maximum absolute atomic E-state index is 5.76. The van der Waals surface area contributed by atoms with E-state index in [1.54, 1.807) is 0 Å². The van der Waals surface area contributed by atoms with Crippen LogP contribution in [0.3, 0.4) is 0 Å². The zero-order valence-corrected chi connectivity index (χ0v) is 10.2. The lowest BCUT2D eigenvalue weighted by atomic mass is 10.0. The third kappa shape index (κ3) is 1.93. The topological polar surface area (TPSA) is 34.3 Å². The first-order valence-corrected chi connectivity index (χ1v) is 6.02. The lowest BCUT2D eigenvalue weighted by Gasteiger charge is -2.14. The Hall–Kier alpha value is -0.120. The van der Waals surface area contributed by atoms with Gasteiger partial charge in [0.05, 0.1) is 25.4 Å². The maximum Gasteiger partial charge on any atom is 0.117 e. The molecular weight excluding hydrogens is 192 g/mol. The van der Waals surface area contributed by atoms with E-state index in [1.807, 2.05) is 0 Å². The van der Waals surface area contributed by atoms with Crippen molar-refractivity contribution in [2.24, 2.45) is 0 Å². The lowest BCUT2D eigenvalue weighted by Crippen LogP contribution is -2.27. The Balaban J connectivity index is 1.71. The van der Waals surface area contributed by atoms with Crippen molar-refractivity contribution in [3.05, 3.63) is 0 Å². The summed E-state index contributed by atoms with van der Waals surface area (Å²) in [5.41, 5.74) is 0.0140. The number of ether oxygens (including phenoxy) is 3. The second kappa shape index (κ2) is 3.72. The summed E-state index contributed by atoms with van der Waals surface area (Å²) in [4.78, 5) is 0. The van der Waals surface area contributed by atoms with E-state index >= 15 is 0 Å². The predicted octanol–water partition coefficient (Wildman–Crippen LogP) is 2.14. The molecule has 88 valence electrons. The second-order valence-corrected chi connectivity index (χ2v) is 4.85. The molecule has 15 heavy (non-hydrogen) atoms. The van der Waals surface area contributed by atoms with E-state index in [2.05, 4.69) is 27.7 Å². The van der Waals surface area contributed by atoms with Crippen LogP contribution in [-0.2, 0) is 14.2 Å². The molecule has 0 aromatic carbocycles. The Morgan fingerprint density at radius 2 is 1.27 bits per heavy atom. The van der Waals surface area contributed by atoms with Crippen molar-refractivity contribution in [1.82, 2.24) is 0 Å². The molecule has 0 saturated carbocycles. The van der Waals surface area contributed by atoms with E-state index < -0.39 is 0 Å². The highest BCUT2D eigenvalue weighted by Gasteiger charge is 2.55. The first-order valence-electron chi connectivity index (χ1n) is 6.02. The lowest BCUT2D eigenvalue weighted by molar-refractivity contribution is 0.0400. The molecule has 0 aliphatic carbocycles. The number of epoxide rings is 2. The minimum absolute atomic E-state index is 0.00700. The fourth-order valence-electron chi connectivity index (χ4n) is 2.28. The van der Waals surface area contributed by atoms with Crippen LogP contribution in [0.5, 0.6) is 0 Å². The van der Waals surface area contributed by atoms with Crippen LogP contribution >= 0.6 is 0 Å². The first-order chi connectivity index (χ1) is 7.08. The third-order valence-electron chi connectivity index (χ3n) is 4.08. The van der Waals surface area contributed by atoms with Gasteiger partial charge in [0, 0.05) is 0 Å². The van der Waals surface area contributed by atoms with E-state index in [4.69, 9.17) is 14.2 Å². The minimum Gasteiger partial charge on any atom is -0.375 e. The largest absolute Gasteiger partial charge is 0.375 e.